The molecule has 3 rings (SSSR count). The molecule has 0 saturated heterocycles. The fourth-order valence-corrected chi connectivity index (χ4v) is 2.27. The summed E-state index contributed by atoms with van der Waals surface area (Å²) in [5.74, 6) is 0.565. The van der Waals surface area contributed by atoms with Gasteiger partial charge in [0.15, 0.2) is 0 Å². The Morgan fingerprint density at radius 1 is 1.06 bits per heavy atom. The number of anilines is 1. The van der Waals surface area contributed by atoms with Crippen LogP contribution in [0.25, 0.3) is 0 Å². The van der Waals surface area contributed by atoms with Crippen LogP contribution in [0.3, 0.4) is 0 Å². The lowest BCUT2D eigenvalue weighted by Gasteiger charge is -2.11. The molecule has 1 aromatic rings. The normalized spacial score (nSPS) is 19.8. The van der Waals surface area contributed by atoms with Crippen LogP contribution in [-0.2, 0) is 0 Å². The van der Waals surface area contributed by atoms with E-state index in [9.17, 15) is 4.79 Å². The first-order chi connectivity index (χ1) is 8.81. The highest BCUT2D eigenvalue weighted by molar-refractivity contribution is 5.94. The quantitative estimate of drug-likeness (QED) is 0.849. The van der Waals surface area contributed by atoms with Gasteiger partial charge < -0.3 is 10.6 Å². The van der Waals surface area contributed by atoms with Crippen molar-refractivity contribution >= 4 is 11.9 Å². The molecule has 96 valence electrons. The maximum Gasteiger partial charge on any atom is 0.254 e. The molecule has 0 aliphatic heterocycles. The van der Waals surface area contributed by atoms with Crippen molar-refractivity contribution < 1.29 is 4.79 Å². The second-order valence-electron chi connectivity index (χ2n) is 5.17. The third kappa shape index (κ3) is 2.78. The molecule has 2 aliphatic rings. The summed E-state index contributed by atoms with van der Waals surface area (Å²) < 4.78 is 0. The van der Waals surface area contributed by atoms with Gasteiger partial charge in [0.25, 0.3) is 5.91 Å². The Morgan fingerprint density at radius 2 is 1.72 bits per heavy atom. The molecule has 0 radical (unpaired) electrons. The minimum Gasteiger partial charge on any atom is -0.351 e. The smallest absolute Gasteiger partial charge is 0.254 e. The van der Waals surface area contributed by atoms with Crippen LogP contribution in [0.15, 0.2) is 12.4 Å². The Bertz CT molecular complexity index is 421. The summed E-state index contributed by atoms with van der Waals surface area (Å²) in [4.78, 5) is 20.2. The molecular formula is C13H18N4O. The van der Waals surface area contributed by atoms with Crippen LogP contribution in [-0.4, -0.2) is 28.0 Å². The Kier molecular flexibility index (Phi) is 3.13. The predicted molar refractivity (Wildman–Crippen MR) is 68.4 cm³/mol. The van der Waals surface area contributed by atoms with Crippen LogP contribution in [0.1, 0.15) is 48.9 Å². The first-order valence-electron chi connectivity index (χ1n) is 6.71. The van der Waals surface area contributed by atoms with Gasteiger partial charge >= 0.3 is 0 Å². The molecule has 1 heterocycles. The van der Waals surface area contributed by atoms with E-state index in [0.29, 0.717) is 23.6 Å². The van der Waals surface area contributed by atoms with E-state index in [1.165, 1.54) is 25.7 Å². The summed E-state index contributed by atoms with van der Waals surface area (Å²) in [6, 6.07) is 0.866. The number of hydrogen-bond acceptors (Lipinski definition) is 4. The van der Waals surface area contributed by atoms with Crippen molar-refractivity contribution in [3.05, 3.63) is 18.0 Å². The monoisotopic (exact) mass is 246 g/mol. The number of nitrogens with one attached hydrogen (secondary N) is 2. The van der Waals surface area contributed by atoms with Crippen LogP contribution in [0, 0.1) is 0 Å². The Morgan fingerprint density at radius 3 is 2.33 bits per heavy atom. The maximum atomic E-state index is 11.7. The van der Waals surface area contributed by atoms with E-state index in [1.54, 1.807) is 12.4 Å². The Balaban J connectivity index is 1.58. The second kappa shape index (κ2) is 4.92. The number of nitrogens with zero attached hydrogens (tertiary/aromatic N) is 2. The summed E-state index contributed by atoms with van der Waals surface area (Å²) in [6.07, 6.45) is 10.3. The SMILES string of the molecule is O=C(NC1CC1)c1cnc(NC2CCCC2)nc1. The van der Waals surface area contributed by atoms with Crippen LogP contribution in [0.5, 0.6) is 0 Å². The molecule has 0 spiro atoms. The van der Waals surface area contributed by atoms with Crippen molar-refractivity contribution in [2.75, 3.05) is 5.32 Å². The highest BCUT2D eigenvalue weighted by Gasteiger charge is 2.24. The van der Waals surface area contributed by atoms with E-state index in [-0.39, 0.29) is 5.91 Å². The highest BCUT2D eigenvalue weighted by Crippen LogP contribution is 2.21. The minimum atomic E-state index is -0.0649. The molecular weight excluding hydrogens is 228 g/mol. The average molecular weight is 246 g/mol. The molecule has 0 atom stereocenters. The van der Waals surface area contributed by atoms with Gasteiger partial charge in [0.1, 0.15) is 0 Å². The van der Waals surface area contributed by atoms with Crippen molar-refractivity contribution in [3.8, 4) is 0 Å². The van der Waals surface area contributed by atoms with Crippen molar-refractivity contribution in [2.24, 2.45) is 0 Å². The lowest BCUT2D eigenvalue weighted by molar-refractivity contribution is 0.0950. The summed E-state index contributed by atoms with van der Waals surface area (Å²) in [5, 5.41) is 6.23. The zero-order valence-electron chi connectivity index (χ0n) is 10.4. The molecule has 5 nitrogen and oxygen atoms in total. The second-order valence-corrected chi connectivity index (χ2v) is 5.17. The molecule has 1 aromatic heterocycles. The zero-order chi connectivity index (χ0) is 12.4. The fraction of sp³-hybridized carbons (Fsp3) is 0.615. The van der Waals surface area contributed by atoms with E-state index in [0.717, 1.165) is 12.8 Å². The molecule has 0 aromatic carbocycles. The van der Waals surface area contributed by atoms with Crippen LogP contribution in [0.2, 0.25) is 0 Å². The summed E-state index contributed by atoms with van der Waals surface area (Å²) >= 11 is 0. The first-order valence-corrected chi connectivity index (χ1v) is 6.71. The molecule has 2 saturated carbocycles. The van der Waals surface area contributed by atoms with E-state index in [4.69, 9.17) is 0 Å². The molecule has 2 aliphatic carbocycles. The van der Waals surface area contributed by atoms with Crippen molar-refractivity contribution in [2.45, 2.75) is 50.6 Å². The molecule has 2 N–H and O–H groups in total. The molecule has 0 bridgehead atoms. The van der Waals surface area contributed by atoms with E-state index in [2.05, 4.69) is 20.6 Å². The summed E-state index contributed by atoms with van der Waals surface area (Å²) in [6.45, 7) is 0. The Labute approximate surface area is 106 Å². The van der Waals surface area contributed by atoms with Gasteiger partial charge in [-0.25, -0.2) is 9.97 Å². The van der Waals surface area contributed by atoms with Gasteiger partial charge in [-0.3, -0.25) is 4.79 Å². The lowest BCUT2D eigenvalue weighted by Crippen LogP contribution is -2.26. The summed E-state index contributed by atoms with van der Waals surface area (Å²) in [7, 11) is 0. The standard InChI is InChI=1S/C13H18N4O/c18-12(16-11-5-6-11)9-7-14-13(15-8-9)17-10-3-1-2-4-10/h7-8,10-11H,1-6H2,(H,16,18)(H,14,15,17). The molecule has 5 heteroatoms. The van der Waals surface area contributed by atoms with Gasteiger partial charge in [0.2, 0.25) is 5.95 Å². The maximum absolute atomic E-state index is 11.7. The van der Waals surface area contributed by atoms with Gasteiger partial charge in [-0.2, -0.15) is 0 Å². The Hall–Kier alpha value is -1.65. The number of hydrogen-bond donors (Lipinski definition) is 2. The van der Waals surface area contributed by atoms with Crippen LogP contribution < -0.4 is 10.6 Å². The number of carbonyl (C=O) groups excluding carboxylic acids is 1. The molecule has 0 unspecified atom stereocenters. The number of aromatic nitrogens is 2. The molecule has 1 amide bonds. The summed E-state index contributed by atoms with van der Waals surface area (Å²) in [5.41, 5.74) is 0.541. The van der Waals surface area contributed by atoms with Crippen molar-refractivity contribution in [3.63, 3.8) is 0 Å². The highest BCUT2D eigenvalue weighted by atomic mass is 16.1. The van der Waals surface area contributed by atoms with Gasteiger partial charge in [0, 0.05) is 24.5 Å². The number of rotatable bonds is 4. The average Bonchev–Trinajstić information content (AvgIpc) is 3.04. The van der Waals surface area contributed by atoms with Gasteiger partial charge in [-0.05, 0) is 25.7 Å². The topological polar surface area (TPSA) is 66.9 Å². The predicted octanol–water partition coefficient (Wildman–Crippen LogP) is 1.72. The van der Waals surface area contributed by atoms with E-state index < -0.39 is 0 Å². The third-order valence-electron chi connectivity index (χ3n) is 3.51. The zero-order valence-corrected chi connectivity index (χ0v) is 10.4. The van der Waals surface area contributed by atoms with Gasteiger partial charge in [-0.15, -0.1) is 0 Å². The lowest BCUT2D eigenvalue weighted by atomic mass is 10.2. The van der Waals surface area contributed by atoms with E-state index >= 15 is 0 Å². The van der Waals surface area contributed by atoms with E-state index in [1.807, 2.05) is 0 Å². The minimum absolute atomic E-state index is 0.0649. The first kappa shape index (κ1) is 11.4. The number of amides is 1. The largest absolute Gasteiger partial charge is 0.351 e. The molecule has 18 heavy (non-hydrogen) atoms. The molecule has 2 fully saturated rings. The van der Waals surface area contributed by atoms with Crippen LogP contribution in [0.4, 0.5) is 5.95 Å². The van der Waals surface area contributed by atoms with Crippen LogP contribution >= 0.6 is 0 Å². The van der Waals surface area contributed by atoms with Gasteiger partial charge in [-0.1, -0.05) is 12.8 Å². The fourth-order valence-electron chi connectivity index (χ4n) is 2.27. The van der Waals surface area contributed by atoms with Crippen molar-refractivity contribution in [1.82, 2.24) is 15.3 Å². The number of carbonyl (C=O) groups is 1. The van der Waals surface area contributed by atoms with Gasteiger partial charge in [0.05, 0.1) is 5.56 Å². The van der Waals surface area contributed by atoms with Crippen molar-refractivity contribution in [1.29, 1.82) is 0 Å². The third-order valence-corrected chi connectivity index (χ3v) is 3.51.